The maximum absolute atomic E-state index is 11.3. The summed E-state index contributed by atoms with van der Waals surface area (Å²) in [6, 6.07) is 7.80. The zero-order valence-electron chi connectivity index (χ0n) is 12.0. The van der Waals surface area contributed by atoms with Crippen molar-refractivity contribution < 1.29 is 8.42 Å². The fourth-order valence-electron chi connectivity index (χ4n) is 1.93. The molecular weight excluding hydrogens is 276 g/mol. The van der Waals surface area contributed by atoms with Crippen molar-refractivity contribution in [2.24, 2.45) is 12.2 Å². The summed E-state index contributed by atoms with van der Waals surface area (Å²) >= 11 is 0. The molecule has 20 heavy (non-hydrogen) atoms. The van der Waals surface area contributed by atoms with Gasteiger partial charge < -0.3 is 0 Å². The topological polar surface area (TPSA) is 90.9 Å². The molecule has 2 rings (SSSR count). The smallest absolute Gasteiger partial charge is 0.273 e. The van der Waals surface area contributed by atoms with Crippen molar-refractivity contribution in [1.82, 2.24) is 14.8 Å². The number of hydrogen-bond acceptors (Lipinski definition) is 4. The number of nitrogens with two attached hydrogens (primary N) is 1. The van der Waals surface area contributed by atoms with E-state index in [1.165, 1.54) is 10.1 Å². The van der Waals surface area contributed by atoms with Gasteiger partial charge in [0, 0.05) is 12.6 Å². The minimum absolute atomic E-state index is 0.0597. The van der Waals surface area contributed by atoms with Crippen molar-refractivity contribution in [3.63, 3.8) is 0 Å². The number of sulfonamides is 1. The Morgan fingerprint density at radius 2 is 1.65 bits per heavy atom. The van der Waals surface area contributed by atoms with E-state index < -0.39 is 10.0 Å². The quantitative estimate of drug-likeness (QED) is 0.907. The lowest BCUT2D eigenvalue weighted by atomic mass is 9.87. The summed E-state index contributed by atoms with van der Waals surface area (Å²) in [4.78, 5) is 0. The van der Waals surface area contributed by atoms with Gasteiger partial charge >= 0.3 is 0 Å². The van der Waals surface area contributed by atoms with Crippen LogP contribution >= 0.6 is 0 Å². The van der Waals surface area contributed by atoms with Crippen LogP contribution in [0.2, 0.25) is 0 Å². The summed E-state index contributed by atoms with van der Waals surface area (Å²) in [7, 11) is -2.29. The first kappa shape index (κ1) is 14.7. The molecule has 0 unspecified atom stereocenters. The fraction of sp³-hybridized carbons (Fsp3) is 0.385. The summed E-state index contributed by atoms with van der Waals surface area (Å²) in [5.74, 6) is 0.467. The Morgan fingerprint density at radius 3 is 2.05 bits per heavy atom. The molecule has 0 bridgehead atoms. The Balaban J connectivity index is 2.46. The molecule has 108 valence electrons. The lowest BCUT2D eigenvalue weighted by Gasteiger charge is -2.19. The molecule has 0 radical (unpaired) electrons. The number of benzene rings is 1. The summed E-state index contributed by atoms with van der Waals surface area (Å²) in [6.07, 6.45) is 0. The summed E-state index contributed by atoms with van der Waals surface area (Å²) in [5, 5.41) is 12.4. The van der Waals surface area contributed by atoms with Crippen molar-refractivity contribution in [2.45, 2.75) is 31.3 Å². The van der Waals surface area contributed by atoms with Gasteiger partial charge in [-0.3, -0.25) is 4.57 Å². The number of hydrogen-bond donors (Lipinski definition) is 1. The zero-order valence-corrected chi connectivity index (χ0v) is 12.8. The summed E-state index contributed by atoms with van der Waals surface area (Å²) in [5.41, 5.74) is 2.04. The fourth-order valence-corrected chi connectivity index (χ4v) is 2.56. The molecule has 0 aliphatic carbocycles. The van der Waals surface area contributed by atoms with Crippen LogP contribution < -0.4 is 5.14 Å². The van der Waals surface area contributed by atoms with E-state index in [0.29, 0.717) is 5.82 Å². The molecule has 1 aromatic carbocycles. The van der Waals surface area contributed by atoms with E-state index >= 15 is 0 Å². The molecule has 2 aromatic rings. The van der Waals surface area contributed by atoms with Crippen LogP contribution in [0.3, 0.4) is 0 Å². The van der Waals surface area contributed by atoms with Gasteiger partial charge in [-0.05, 0) is 11.0 Å². The van der Waals surface area contributed by atoms with Crippen molar-refractivity contribution in [3.05, 3.63) is 29.8 Å². The van der Waals surface area contributed by atoms with E-state index in [0.717, 1.165) is 5.56 Å². The normalized spacial score (nSPS) is 12.7. The molecule has 7 heteroatoms. The lowest BCUT2D eigenvalue weighted by molar-refractivity contribution is 0.580. The number of primary sulfonamides is 1. The molecule has 6 nitrogen and oxygen atoms in total. The second-order valence-electron chi connectivity index (χ2n) is 5.74. The Kier molecular flexibility index (Phi) is 3.43. The second-order valence-corrected chi connectivity index (χ2v) is 7.19. The minimum atomic E-state index is -3.86. The maximum atomic E-state index is 11.3. The van der Waals surface area contributed by atoms with Gasteiger partial charge in [0.2, 0.25) is 0 Å². The predicted molar refractivity (Wildman–Crippen MR) is 76.5 cm³/mol. The van der Waals surface area contributed by atoms with Gasteiger partial charge in [-0.1, -0.05) is 45.0 Å². The SMILES string of the molecule is Cn1c(-c2ccc(C(C)(C)C)cc2)nnc1S(N)(=O)=O. The van der Waals surface area contributed by atoms with Crippen molar-refractivity contribution in [2.75, 3.05) is 0 Å². The molecule has 0 saturated carbocycles. The highest BCUT2D eigenvalue weighted by Gasteiger charge is 2.20. The van der Waals surface area contributed by atoms with E-state index in [1.54, 1.807) is 7.05 Å². The van der Waals surface area contributed by atoms with E-state index in [4.69, 9.17) is 5.14 Å². The molecule has 0 fully saturated rings. The highest BCUT2D eigenvalue weighted by molar-refractivity contribution is 7.89. The minimum Gasteiger partial charge on any atom is -0.300 e. The molecule has 2 N–H and O–H groups in total. The third kappa shape index (κ3) is 2.73. The molecule has 0 amide bonds. The maximum Gasteiger partial charge on any atom is 0.273 e. The van der Waals surface area contributed by atoms with E-state index in [1.807, 2.05) is 24.3 Å². The summed E-state index contributed by atoms with van der Waals surface area (Å²) < 4.78 is 24.1. The van der Waals surface area contributed by atoms with Crippen molar-refractivity contribution in [1.29, 1.82) is 0 Å². The number of nitrogens with zero attached hydrogens (tertiary/aromatic N) is 3. The summed E-state index contributed by atoms with van der Waals surface area (Å²) in [6.45, 7) is 6.39. The molecule has 0 spiro atoms. The monoisotopic (exact) mass is 294 g/mol. The Morgan fingerprint density at radius 1 is 1.10 bits per heavy atom. The first-order valence-electron chi connectivity index (χ1n) is 6.14. The van der Waals surface area contributed by atoms with Crippen LogP contribution in [-0.2, 0) is 22.5 Å². The molecule has 1 aromatic heterocycles. The van der Waals surface area contributed by atoms with Crippen LogP contribution in [0.1, 0.15) is 26.3 Å². The zero-order chi connectivity index (χ0) is 15.1. The largest absolute Gasteiger partial charge is 0.300 e. The highest BCUT2D eigenvalue weighted by atomic mass is 32.2. The Hall–Kier alpha value is -1.73. The average molecular weight is 294 g/mol. The van der Waals surface area contributed by atoms with Gasteiger partial charge in [0.15, 0.2) is 5.82 Å². The van der Waals surface area contributed by atoms with Crippen LogP contribution in [0.15, 0.2) is 29.4 Å². The van der Waals surface area contributed by atoms with Gasteiger partial charge in [0.1, 0.15) is 0 Å². The van der Waals surface area contributed by atoms with Gasteiger partial charge in [0.05, 0.1) is 0 Å². The third-order valence-corrected chi connectivity index (χ3v) is 3.96. The molecule has 0 aliphatic rings. The predicted octanol–water partition coefficient (Wildman–Crippen LogP) is 1.43. The van der Waals surface area contributed by atoms with E-state index in [2.05, 4.69) is 31.0 Å². The van der Waals surface area contributed by atoms with Gasteiger partial charge in [0.25, 0.3) is 15.2 Å². The third-order valence-electron chi connectivity index (χ3n) is 3.10. The average Bonchev–Trinajstić information content (AvgIpc) is 2.70. The van der Waals surface area contributed by atoms with Crippen LogP contribution in [0.25, 0.3) is 11.4 Å². The Labute approximate surface area is 118 Å². The van der Waals surface area contributed by atoms with Crippen LogP contribution in [-0.4, -0.2) is 23.2 Å². The van der Waals surface area contributed by atoms with Gasteiger partial charge in [-0.25, -0.2) is 13.6 Å². The molecule has 0 atom stereocenters. The van der Waals surface area contributed by atoms with Gasteiger partial charge in [-0.2, -0.15) is 0 Å². The molecule has 1 heterocycles. The first-order chi connectivity index (χ1) is 9.10. The van der Waals surface area contributed by atoms with Crippen LogP contribution in [0.5, 0.6) is 0 Å². The highest BCUT2D eigenvalue weighted by Crippen LogP contribution is 2.25. The van der Waals surface area contributed by atoms with E-state index in [9.17, 15) is 8.42 Å². The van der Waals surface area contributed by atoms with Crippen LogP contribution in [0, 0.1) is 0 Å². The standard InChI is InChI=1S/C13H18N4O2S/c1-13(2,3)10-7-5-9(6-8-10)11-15-16-12(17(11)4)20(14,18)19/h5-8H,1-4H3,(H2,14,18,19). The molecular formula is C13H18N4O2S. The second kappa shape index (κ2) is 4.68. The number of aromatic nitrogens is 3. The molecule has 0 saturated heterocycles. The molecule has 0 aliphatic heterocycles. The number of rotatable bonds is 2. The first-order valence-corrected chi connectivity index (χ1v) is 7.68. The van der Waals surface area contributed by atoms with Crippen molar-refractivity contribution >= 4 is 10.0 Å². The van der Waals surface area contributed by atoms with Crippen LogP contribution in [0.4, 0.5) is 0 Å². The van der Waals surface area contributed by atoms with E-state index in [-0.39, 0.29) is 10.6 Å². The lowest BCUT2D eigenvalue weighted by Crippen LogP contribution is -2.17. The Bertz CT molecular complexity index is 725. The van der Waals surface area contributed by atoms with Gasteiger partial charge in [-0.15, -0.1) is 10.2 Å². The van der Waals surface area contributed by atoms with Crippen molar-refractivity contribution in [3.8, 4) is 11.4 Å².